The van der Waals surface area contributed by atoms with E-state index in [0.29, 0.717) is 11.4 Å². The molecule has 3 heterocycles. The normalized spacial score (nSPS) is 12.4. The van der Waals surface area contributed by atoms with Gasteiger partial charge in [-0.15, -0.1) is 0 Å². The van der Waals surface area contributed by atoms with Crippen LogP contribution >= 0.6 is 0 Å². The molecule has 3 aromatic heterocycles. The second-order valence-corrected chi connectivity index (χ2v) is 20.5. The SMILES string of the molecule is CC(C)(C)c1ccc(-n2c(-c3cc(C(C)(C)C)cc(C(C)(C)C)c3O)nc3c(-c4cc(-c5ccccc5)cc(-c5nccc6c5oc5ccccc56)c4)cccc32)c(-c2ccccc2)c1. The summed E-state index contributed by atoms with van der Waals surface area (Å²) < 4.78 is 8.85. The van der Waals surface area contributed by atoms with Gasteiger partial charge >= 0.3 is 0 Å². The number of furan rings is 1. The van der Waals surface area contributed by atoms with Crippen LogP contribution in [0.15, 0.2) is 168 Å². The molecule has 5 heteroatoms. The van der Waals surface area contributed by atoms with Crippen LogP contribution in [0.4, 0.5) is 0 Å². The van der Waals surface area contributed by atoms with Gasteiger partial charge in [-0.1, -0.05) is 165 Å². The van der Waals surface area contributed by atoms with Crippen molar-refractivity contribution in [2.45, 2.75) is 78.6 Å². The zero-order valence-corrected chi connectivity index (χ0v) is 38.8. The summed E-state index contributed by atoms with van der Waals surface area (Å²) in [5.74, 6) is 0.921. The van der Waals surface area contributed by atoms with Gasteiger partial charge in [-0.3, -0.25) is 9.55 Å². The minimum Gasteiger partial charge on any atom is -0.507 e. The van der Waals surface area contributed by atoms with Crippen LogP contribution in [0, 0.1) is 0 Å². The summed E-state index contributed by atoms with van der Waals surface area (Å²) in [4.78, 5) is 10.7. The lowest BCUT2D eigenvalue weighted by molar-refractivity contribution is 0.446. The second kappa shape index (κ2) is 15.5. The first-order valence-electron chi connectivity index (χ1n) is 22.6. The Bertz CT molecular complexity index is 3430. The van der Waals surface area contributed by atoms with Crippen LogP contribution in [0.25, 0.3) is 94.7 Å². The van der Waals surface area contributed by atoms with Gasteiger partial charge < -0.3 is 9.52 Å². The zero-order chi connectivity index (χ0) is 45.4. The molecule has 0 aliphatic carbocycles. The van der Waals surface area contributed by atoms with Crippen LogP contribution in [0.2, 0.25) is 0 Å². The monoisotopic (exact) mass is 849 g/mol. The summed E-state index contributed by atoms with van der Waals surface area (Å²) in [5.41, 5.74) is 15.7. The number of nitrogens with zero attached hydrogens (tertiary/aromatic N) is 3. The van der Waals surface area contributed by atoms with Crippen molar-refractivity contribution in [3.8, 4) is 67.5 Å². The average molecular weight is 850 g/mol. The van der Waals surface area contributed by atoms with E-state index in [2.05, 4.69) is 194 Å². The topological polar surface area (TPSA) is 64.1 Å². The highest BCUT2D eigenvalue weighted by Crippen LogP contribution is 2.46. The van der Waals surface area contributed by atoms with Crippen LogP contribution < -0.4 is 0 Å². The third-order valence-electron chi connectivity index (χ3n) is 12.8. The first-order valence-corrected chi connectivity index (χ1v) is 22.6. The molecule has 0 aliphatic rings. The Morgan fingerprint density at radius 1 is 0.492 bits per heavy atom. The molecular formula is C60H55N3O2. The Labute approximate surface area is 382 Å². The van der Waals surface area contributed by atoms with Crippen LogP contribution in [0.1, 0.15) is 79.0 Å². The number of rotatable bonds is 6. The predicted molar refractivity (Wildman–Crippen MR) is 271 cm³/mol. The molecule has 0 saturated heterocycles. The van der Waals surface area contributed by atoms with Crippen molar-refractivity contribution >= 4 is 33.0 Å². The minimum atomic E-state index is -0.337. The summed E-state index contributed by atoms with van der Waals surface area (Å²) in [5, 5.41) is 14.7. The molecule has 0 bridgehead atoms. The van der Waals surface area contributed by atoms with Crippen LogP contribution in [-0.2, 0) is 16.2 Å². The van der Waals surface area contributed by atoms with Crippen LogP contribution in [-0.4, -0.2) is 19.6 Å². The lowest BCUT2D eigenvalue weighted by Crippen LogP contribution is -2.17. The van der Waals surface area contributed by atoms with Crippen molar-refractivity contribution in [2.24, 2.45) is 0 Å². The Morgan fingerprint density at radius 2 is 1.14 bits per heavy atom. The molecule has 0 fully saturated rings. The molecular weight excluding hydrogens is 795 g/mol. The van der Waals surface area contributed by atoms with E-state index in [4.69, 9.17) is 14.4 Å². The number of para-hydroxylation sites is 2. The van der Waals surface area contributed by atoms with Gasteiger partial charge in [0.25, 0.3) is 0 Å². The Hall–Kier alpha value is -7.24. The molecule has 0 amide bonds. The summed E-state index contributed by atoms with van der Waals surface area (Å²) in [6.07, 6.45) is 1.88. The van der Waals surface area contributed by atoms with Crippen molar-refractivity contribution in [2.75, 3.05) is 0 Å². The quantitative estimate of drug-likeness (QED) is 0.181. The number of benzene rings is 7. The van der Waals surface area contributed by atoms with Crippen molar-refractivity contribution in [1.29, 1.82) is 0 Å². The number of imidazole rings is 1. The first-order chi connectivity index (χ1) is 31.0. The molecule has 1 N–H and O–H groups in total. The van der Waals surface area contributed by atoms with Crippen molar-refractivity contribution < 1.29 is 9.52 Å². The molecule has 0 unspecified atom stereocenters. The molecule has 10 rings (SSSR count). The number of aromatic hydroxyl groups is 1. The zero-order valence-electron chi connectivity index (χ0n) is 38.8. The van der Waals surface area contributed by atoms with E-state index in [-0.39, 0.29) is 22.0 Å². The molecule has 0 saturated carbocycles. The highest BCUT2D eigenvalue weighted by molar-refractivity contribution is 6.09. The third-order valence-corrected chi connectivity index (χ3v) is 12.8. The maximum Gasteiger partial charge on any atom is 0.161 e. The number of hydrogen-bond acceptors (Lipinski definition) is 4. The standard InChI is InChI=1S/C60H55N3O2/c1-58(2,3)42-27-28-50(47(34-42)38-21-14-11-15-22-38)63-51-25-18-24-44(54(51)62-57(63)48-35-43(59(4,5)6)36-49(55(48)64)60(7,8)9)40-31-39(37-19-12-10-13-20-37)32-41(33-40)53-56-46(29-30-61-53)45-23-16-17-26-52(45)65-56/h10-36,64H,1-9H3. The van der Waals surface area contributed by atoms with Gasteiger partial charge in [0.1, 0.15) is 22.9 Å². The number of phenolic OH excluding ortho intramolecular Hbond substituents is 1. The van der Waals surface area contributed by atoms with Gasteiger partial charge in [-0.05, 0) is 104 Å². The summed E-state index contributed by atoms with van der Waals surface area (Å²) >= 11 is 0. The molecule has 0 radical (unpaired) electrons. The van der Waals surface area contributed by atoms with Crippen LogP contribution in [0.5, 0.6) is 5.75 Å². The van der Waals surface area contributed by atoms with Gasteiger partial charge in [0, 0.05) is 39.2 Å². The van der Waals surface area contributed by atoms with Gasteiger partial charge in [0.2, 0.25) is 0 Å². The van der Waals surface area contributed by atoms with E-state index in [1.54, 1.807) is 0 Å². The lowest BCUT2D eigenvalue weighted by Gasteiger charge is -2.28. The molecule has 0 spiro atoms. The number of hydrogen-bond donors (Lipinski definition) is 1. The Balaban J connectivity index is 1.31. The first kappa shape index (κ1) is 41.8. The summed E-state index contributed by atoms with van der Waals surface area (Å²) in [7, 11) is 0. The van der Waals surface area contributed by atoms with E-state index >= 15 is 0 Å². The lowest BCUT2D eigenvalue weighted by atomic mass is 9.79. The van der Waals surface area contributed by atoms with Crippen molar-refractivity contribution in [3.63, 3.8) is 0 Å². The molecule has 5 nitrogen and oxygen atoms in total. The third kappa shape index (κ3) is 7.49. The van der Waals surface area contributed by atoms with E-state index < -0.39 is 0 Å². The second-order valence-electron chi connectivity index (χ2n) is 20.5. The van der Waals surface area contributed by atoms with Crippen LogP contribution in [0.3, 0.4) is 0 Å². The maximum absolute atomic E-state index is 12.6. The maximum atomic E-state index is 12.6. The molecule has 7 aromatic carbocycles. The molecule has 65 heavy (non-hydrogen) atoms. The minimum absolute atomic E-state index is 0.0843. The molecule has 322 valence electrons. The van der Waals surface area contributed by atoms with Gasteiger partial charge in [-0.2, -0.15) is 0 Å². The highest BCUT2D eigenvalue weighted by atomic mass is 16.3. The summed E-state index contributed by atoms with van der Waals surface area (Å²) in [6.45, 7) is 19.9. The van der Waals surface area contributed by atoms with E-state index in [0.717, 1.165) is 94.4 Å². The fourth-order valence-corrected chi connectivity index (χ4v) is 9.19. The van der Waals surface area contributed by atoms with Crippen molar-refractivity contribution in [3.05, 3.63) is 181 Å². The number of aromatic nitrogens is 3. The fourth-order valence-electron chi connectivity index (χ4n) is 9.19. The van der Waals surface area contributed by atoms with Gasteiger partial charge in [0.05, 0.1) is 22.3 Å². The molecule has 0 atom stereocenters. The number of phenols is 1. The Kier molecular flexibility index (Phi) is 9.95. The average Bonchev–Trinajstić information content (AvgIpc) is 3.87. The summed E-state index contributed by atoms with van der Waals surface area (Å²) in [6, 6.07) is 55.6. The molecule has 10 aromatic rings. The van der Waals surface area contributed by atoms with E-state index in [1.807, 2.05) is 36.5 Å². The Morgan fingerprint density at radius 3 is 1.85 bits per heavy atom. The fraction of sp³-hybridized carbons (Fsp3) is 0.200. The molecule has 0 aliphatic heterocycles. The smallest absolute Gasteiger partial charge is 0.161 e. The van der Waals surface area contributed by atoms with Gasteiger partial charge in [-0.25, -0.2) is 4.98 Å². The van der Waals surface area contributed by atoms with E-state index in [1.165, 1.54) is 5.56 Å². The van der Waals surface area contributed by atoms with Crippen molar-refractivity contribution in [1.82, 2.24) is 14.5 Å². The number of fused-ring (bicyclic) bond motifs is 4. The highest BCUT2D eigenvalue weighted by Gasteiger charge is 2.30. The largest absolute Gasteiger partial charge is 0.507 e. The predicted octanol–water partition coefficient (Wildman–Crippen LogP) is 16.3. The van der Waals surface area contributed by atoms with Gasteiger partial charge in [0.15, 0.2) is 5.58 Å². The number of pyridine rings is 1. The van der Waals surface area contributed by atoms with E-state index in [9.17, 15) is 5.11 Å².